The van der Waals surface area contributed by atoms with Gasteiger partial charge in [-0.1, -0.05) is 18.2 Å². The van der Waals surface area contributed by atoms with Crippen LogP contribution in [-0.2, 0) is 0 Å². The lowest BCUT2D eigenvalue weighted by Gasteiger charge is -1.97. The Labute approximate surface area is 148 Å². The molecule has 0 aliphatic rings. The van der Waals surface area contributed by atoms with E-state index < -0.39 is 10.8 Å². The molecule has 0 fully saturated rings. The Bertz CT molecular complexity index is 1060. The lowest BCUT2D eigenvalue weighted by molar-refractivity contribution is -0.384. The molecule has 124 valence electrons. The van der Waals surface area contributed by atoms with E-state index in [4.69, 9.17) is 4.42 Å². The zero-order chi connectivity index (χ0) is 17.4. The fourth-order valence-corrected chi connectivity index (χ4v) is 3.85. The van der Waals surface area contributed by atoms with E-state index in [1.165, 1.54) is 34.1 Å². The summed E-state index contributed by atoms with van der Waals surface area (Å²) >= 11 is 2.48. The molecule has 1 aromatic carbocycles. The molecule has 0 aliphatic carbocycles. The fraction of sp³-hybridized carbons (Fsp3) is 0. The maximum absolute atomic E-state index is 12.3. The summed E-state index contributed by atoms with van der Waals surface area (Å²) in [5.74, 6) is -0.195. The second-order valence-electron chi connectivity index (χ2n) is 5.07. The first-order valence-corrected chi connectivity index (χ1v) is 8.85. The minimum Gasteiger partial charge on any atom is -0.451 e. The molecule has 3 aromatic heterocycles. The van der Waals surface area contributed by atoms with Gasteiger partial charge in [-0.3, -0.25) is 20.2 Å². The van der Waals surface area contributed by atoms with Gasteiger partial charge in [0.15, 0.2) is 10.9 Å². The van der Waals surface area contributed by atoms with Crippen LogP contribution in [0.5, 0.6) is 0 Å². The monoisotopic (exact) mass is 371 g/mol. The summed E-state index contributed by atoms with van der Waals surface area (Å²) in [7, 11) is 0. The van der Waals surface area contributed by atoms with Crippen LogP contribution in [0.2, 0.25) is 0 Å². The molecule has 0 bridgehead atoms. The van der Waals surface area contributed by atoms with Crippen LogP contribution in [0.4, 0.5) is 10.8 Å². The van der Waals surface area contributed by atoms with E-state index in [0.717, 1.165) is 5.39 Å². The molecule has 1 amide bonds. The second kappa shape index (κ2) is 6.11. The van der Waals surface area contributed by atoms with Crippen LogP contribution < -0.4 is 5.32 Å². The molecule has 3 heterocycles. The topological polar surface area (TPSA) is 98.3 Å². The number of amides is 1. The van der Waals surface area contributed by atoms with Gasteiger partial charge in [-0.2, -0.15) is 0 Å². The number of hydrogen-bond donors (Lipinski definition) is 1. The molecule has 7 nitrogen and oxygen atoms in total. The van der Waals surface area contributed by atoms with Gasteiger partial charge in [-0.15, -0.1) is 22.7 Å². The van der Waals surface area contributed by atoms with Gasteiger partial charge in [0.2, 0.25) is 0 Å². The Hall–Kier alpha value is -3.04. The Kier molecular flexibility index (Phi) is 3.79. The molecule has 0 aliphatic heterocycles. The number of carbonyl (C=O) groups excluding carboxylic acids is 1. The number of thiazole rings is 1. The first kappa shape index (κ1) is 15.5. The van der Waals surface area contributed by atoms with Crippen LogP contribution in [0.3, 0.4) is 0 Å². The zero-order valence-corrected chi connectivity index (χ0v) is 14.1. The molecule has 0 atom stereocenters. The van der Waals surface area contributed by atoms with E-state index in [0.29, 0.717) is 21.3 Å². The third kappa shape index (κ3) is 3.02. The number of anilines is 1. The van der Waals surface area contributed by atoms with E-state index in [-0.39, 0.29) is 11.4 Å². The van der Waals surface area contributed by atoms with Crippen molar-refractivity contribution in [2.24, 2.45) is 0 Å². The highest BCUT2D eigenvalue weighted by atomic mass is 32.1. The molecule has 1 N–H and O–H groups in total. The molecular formula is C16H9N3O4S2. The number of nitro groups is 1. The predicted octanol–water partition coefficient (Wildman–Crippen LogP) is 4.78. The zero-order valence-electron chi connectivity index (χ0n) is 12.5. The molecule has 0 radical (unpaired) electrons. The van der Waals surface area contributed by atoms with Gasteiger partial charge in [-0.05, 0) is 12.1 Å². The highest BCUT2D eigenvalue weighted by molar-refractivity contribution is 7.16. The van der Waals surface area contributed by atoms with E-state index in [1.54, 1.807) is 17.5 Å². The summed E-state index contributed by atoms with van der Waals surface area (Å²) in [4.78, 5) is 27.6. The second-order valence-corrected chi connectivity index (χ2v) is 6.84. The Balaban J connectivity index is 1.53. The van der Waals surface area contributed by atoms with Crippen molar-refractivity contribution >= 4 is 50.4 Å². The number of hydrogen-bond acceptors (Lipinski definition) is 7. The average Bonchev–Trinajstić information content (AvgIpc) is 3.32. The number of furan rings is 1. The molecule has 25 heavy (non-hydrogen) atoms. The van der Waals surface area contributed by atoms with Crippen molar-refractivity contribution in [2.45, 2.75) is 0 Å². The molecule has 4 aromatic rings. The molecule has 0 saturated heterocycles. The summed E-state index contributed by atoms with van der Waals surface area (Å²) in [6.07, 6.45) is 0. The molecule has 4 rings (SSSR count). The predicted molar refractivity (Wildman–Crippen MR) is 96.2 cm³/mol. The van der Waals surface area contributed by atoms with Gasteiger partial charge >= 0.3 is 0 Å². The van der Waals surface area contributed by atoms with E-state index in [1.807, 2.05) is 18.2 Å². The van der Waals surface area contributed by atoms with Crippen molar-refractivity contribution in [1.29, 1.82) is 0 Å². The summed E-state index contributed by atoms with van der Waals surface area (Å²) in [5.41, 5.74) is 1.25. The van der Waals surface area contributed by atoms with Gasteiger partial charge in [0.1, 0.15) is 5.58 Å². The SMILES string of the molecule is O=C(Nc1nc(-c2cc([N+](=O)[O-])cs2)cs1)c1cc2ccccc2o1. The largest absolute Gasteiger partial charge is 0.451 e. The van der Waals surface area contributed by atoms with Crippen LogP contribution in [0, 0.1) is 10.1 Å². The minimum absolute atomic E-state index is 0.0286. The van der Waals surface area contributed by atoms with Gasteiger partial charge in [0, 0.05) is 16.8 Å². The number of nitrogens with one attached hydrogen (secondary N) is 1. The molecule has 0 spiro atoms. The number of fused-ring (bicyclic) bond motifs is 1. The van der Waals surface area contributed by atoms with Crippen LogP contribution >= 0.6 is 22.7 Å². The van der Waals surface area contributed by atoms with Gasteiger partial charge < -0.3 is 4.42 Å². The van der Waals surface area contributed by atoms with Crippen molar-refractivity contribution in [1.82, 2.24) is 4.98 Å². The normalized spacial score (nSPS) is 10.9. The number of carbonyl (C=O) groups is 1. The number of benzene rings is 1. The number of para-hydroxylation sites is 1. The van der Waals surface area contributed by atoms with E-state index in [9.17, 15) is 14.9 Å². The third-order valence-corrected chi connectivity index (χ3v) is 5.12. The number of aromatic nitrogens is 1. The summed E-state index contributed by atoms with van der Waals surface area (Å²) in [6.45, 7) is 0. The van der Waals surface area contributed by atoms with Crippen LogP contribution in [0.15, 0.2) is 51.6 Å². The molecule has 0 unspecified atom stereocenters. The quantitative estimate of drug-likeness (QED) is 0.411. The Morgan fingerprint density at radius 2 is 2.04 bits per heavy atom. The number of rotatable bonds is 4. The fourth-order valence-electron chi connectivity index (χ4n) is 2.25. The highest BCUT2D eigenvalue weighted by Gasteiger charge is 2.16. The number of thiophene rings is 1. The third-order valence-electron chi connectivity index (χ3n) is 3.42. The lowest BCUT2D eigenvalue weighted by atomic mass is 10.2. The van der Waals surface area contributed by atoms with Crippen molar-refractivity contribution < 1.29 is 14.1 Å². The van der Waals surface area contributed by atoms with E-state index in [2.05, 4.69) is 10.3 Å². The molecular weight excluding hydrogens is 362 g/mol. The van der Waals surface area contributed by atoms with Gasteiger partial charge in [0.05, 0.1) is 20.9 Å². The van der Waals surface area contributed by atoms with E-state index >= 15 is 0 Å². The summed E-state index contributed by atoms with van der Waals surface area (Å²) in [5, 5.41) is 17.9. The maximum Gasteiger partial charge on any atom is 0.293 e. The Morgan fingerprint density at radius 1 is 1.20 bits per heavy atom. The average molecular weight is 371 g/mol. The first-order valence-electron chi connectivity index (χ1n) is 7.09. The van der Waals surface area contributed by atoms with Crippen LogP contribution in [0.1, 0.15) is 10.6 Å². The summed E-state index contributed by atoms with van der Waals surface area (Å²) < 4.78 is 5.52. The lowest BCUT2D eigenvalue weighted by Crippen LogP contribution is -2.10. The molecule has 0 saturated carbocycles. The Morgan fingerprint density at radius 3 is 2.80 bits per heavy atom. The number of nitrogens with zero attached hydrogens (tertiary/aromatic N) is 2. The van der Waals surface area contributed by atoms with Crippen molar-refractivity contribution in [3.8, 4) is 10.6 Å². The van der Waals surface area contributed by atoms with Gasteiger partial charge in [-0.25, -0.2) is 4.98 Å². The van der Waals surface area contributed by atoms with Gasteiger partial charge in [0.25, 0.3) is 11.6 Å². The highest BCUT2D eigenvalue weighted by Crippen LogP contribution is 2.33. The summed E-state index contributed by atoms with van der Waals surface area (Å²) in [6, 6.07) is 10.5. The van der Waals surface area contributed by atoms with Crippen molar-refractivity contribution in [3.63, 3.8) is 0 Å². The molecule has 9 heteroatoms. The van der Waals surface area contributed by atoms with Crippen molar-refractivity contribution in [3.05, 3.63) is 63.0 Å². The standard InChI is InChI=1S/C16H9N3O4S2/c20-15(13-5-9-3-1-2-4-12(9)23-13)18-16-17-11(8-25-16)14-6-10(7-24-14)19(21)22/h1-8H,(H,17,18,20). The van der Waals surface area contributed by atoms with Crippen LogP contribution in [-0.4, -0.2) is 15.8 Å². The maximum atomic E-state index is 12.3. The van der Waals surface area contributed by atoms with Crippen molar-refractivity contribution in [2.75, 3.05) is 5.32 Å². The van der Waals surface area contributed by atoms with Crippen LogP contribution in [0.25, 0.3) is 21.5 Å². The minimum atomic E-state index is -0.448. The smallest absolute Gasteiger partial charge is 0.293 e. The first-order chi connectivity index (χ1) is 12.1.